The van der Waals surface area contributed by atoms with Gasteiger partial charge in [0, 0.05) is 31.3 Å². The van der Waals surface area contributed by atoms with Crippen molar-refractivity contribution in [1.82, 2.24) is 10.2 Å². The van der Waals surface area contributed by atoms with Gasteiger partial charge in [0.2, 0.25) is 5.91 Å². The summed E-state index contributed by atoms with van der Waals surface area (Å²) in [5.74, 6) is -3.29. The number of nitrogens with zero attached hydrogens (tertiary/aromatic N) is 1. The number of thioether (sulfide) groups is 1. The van der Waals surface area contributed by atoms with Gasteiger partial charge in [0.1, 0.15) is 11.9 Å². The molecule has 1 aliphatic heterocycles. The zero-order valence-electron chi connectivity index (χ0n) is 23.2. The summed E-state index contributed by atoms with van der Waals surface area (Å²) in [4.78, 5) is 39.6. The van der Waals surface area contributed by atoms with Gasteiger partial charge < -0.3 is 26.0 Å². The van der Waals surface area contributed by atoms with Crippen molar-refractivity contribution in [3.8, 4) is 0 Å². The van der Waals surface area contributed by atoms with E-state index in [2.05, 4.69) is 19.9 Å². The summed E-state index contributed by atoms with van der Waals surface area (Å²) in [5, 5.41) is 5.34. The molecule has 1 saturated heterocycles. The second kappa shape index (κ2) is 14.9. The number of anilines is 1. The number of ether oxygens (including phenoxy) is 1. The number of halogens is 3. The minimum absolute atomic E-state index is 0.0349. The molecule has 4 N–H and O–H groups in total. The molecule has 13 heteroatoms. The van der Waals surface area contributed by atoms with Crippen LogP contribution in [0.2, 0.25) is 0 Å². The highest BCUT2D eigenvalue weighted by Gasteiger charge is 2.35. The molecule has 0 aliphatic carbocycles. The molecule has 1 aliphatic rings. The summed E-state index contributed by atoms with van der Waals surface area (Å²) in [6, 6.07) is 5.16. The summed E-state index contributed by atoms with van der Waals surface area (Å²) in [7, 11) is 2.33. The maximum absolute atomic E-state index is 14.8. The van der Waals surface area contributed by atoms with Gasteiger partial charge in [-0.1, -0.05) is 19.9 Å². The van der Waals surface area contributed by atoms with E-state index in [0.717, 1.165) is 12.1 Å². The topological polar surface area (TPSA) is 114 Å². The van der Waals surface area contributed by atoms with Crippen LogP contribution in [-0.4, -0.2) is 59.0 Å². The van der Waals surface area contributed by atoms with Crippen LogP contribution in [0, 0.1) is 23.4 Å². The predicted molar refractivity (Wildman–Crippen MR) is 157 cm³/mol. The van der Waals surface area contributed by atoms with E-state index in [4.69, 9.17) is 10.5 Å². The van der Waals surface area contributed by atoms with Crippen LogP contribution < -0.4 is 21.7 Å². The lowest BCUT2D eigenvalue weighted by Gasteiger charge is -2.25. The maximum atomic E-state index is 14.8. The Morgan fingerprint density at radius 1 is 1.15 bits per heavy atom. The van der Waals surface area contributed by atoms with Crippen molar-refractivity contribution in [3.05, 3.63) is 58.9 Å². The first-order valence-electron chi connectivity index (χ1n) is 13.3. The molecule has 1 fully saturated rings. The summed E-state index contributed by atoms with van der Waals surface area (Å²) in [5.41, 5.74) is 7.27. The number of nitrogens with two attached hydrogens (primary N) is 1. The molecule has 0 bridgehead atoms. The molecule has 2 unspecified atom stereocenters. The van der Waals surface area contributed by atoms with Crippen LogP contribution in [-0.2, 0) is 32.1 Å². The molecule has 0 radical (unpaired) electrons. The van der Waals surface area contributed by atoms with Crippen LogP contribution in [0.5, 0.6) is 0 Å². The van der Waals surface area contributed by atoms with Crippen LogP contribution in [0.15, 0.2) is 30.3 Å². The first-order chi connectivity index (χ1) is 19.4. The van der Waals surface area contributed by atoms with E-state index in [1.807, 2.05) is 13.8 Å². The predicted octanol–water partition coefficient (Wildman–Crippen LogP) is 3.08. The van der Waals surface area contributed by atoms with Crippen molar-refractivity contribution in [2.24, 2.45) is 11.7 Å². The summed E-state index contributed by atoms with van der Waals surface area (Å²) < 4.78 is 46.9. The van der Waals surface area contributed by atoms with Crippen molar-refractivity contribution in [1.29, 1.82) is 0 Å². The zero-order chi connectivity index (χ0) is 30.3. The van der Waals surface area contributed by atoms with E-state index in [1.165, 1.54) is 28.8 Å². The second-order valence-corrected chi connectivity index (χ2v) is 11.9. The molecule has 8 nitrogen and oxygen atoms in total. The third kappa shape index (κ3) is 8.83. The molecule has 2 aromatic rings. The molecular formula is C28H36F3N4O4PS. The van der Waals surface area contributed by atoms with Crippen LogP contribution in [0.3, 0.4) is 0 Å². The quantitative estimate of drug-likeness (QED) is 0.250. The maximum Gasteiger partial charge on any atom is 0.328 e. The average molecular weight is 613 g/mol. The second-order valence-electron chi connectivity index (χ2n) is 10.1. The smallest absolute Gasteiger partial charge is 0.328 e. The fraction of sp³-hybridized carbons (Fsp3) is 0.464. The molecule has 2 amide bonds. The van der Waals surface area contributed by atoms with Gasteiger partial charge in [0.25, 0.3) is 5.91 Å². The van der Waals surface area contributed by atoms with Gasteiger partial charge in [0.05, 0.1) is 12.3 Å². The Morgan fingerprint density at radius 3 is 2.51 bits per heavy atom. The van der Waals surface area contributed by atoms with E-state index in [-0.39, 0.29) is 43.5 Å². The lowest BCUT2D eigenvalue weighted by molar-refractivity contribution is -0.145. The van der Waals surface area contributed by atoms with E-state index in [0.29, 0.717) is 28.7 Å². The Hall–Kier alpha value is -2.82. The van der Waals surface area contributed by atoms with E-state index in [1.54, 1.807) is 13.0 Å². The lowest BCUT2D eigenvalue weighted by Crippen LogP contribution is -2.46. The van der Waals surface area contributed by atoms with Crippen molar-refractivity contribution in [2.45, 2.75) is 57.6 Å². The number of nitrogens with one attached hydrogen (secondary N) is 2. The molecule has 4 atom stereocenters. The molecule has 0 spiro atoms. The number of benzene rings is 2. The SMILES string of the molecule is CCOC(=O)[C@@H](Nc1ccc(CNC(=O)[C@@H]2SCCN2C(=O)CC(N)Cc2cc(F)c(F)cc2P)cc1F)C(C)C. The van der Waals surface area contributed by atoms with Crippen molar-refractivity contribution in [2.75, 3.05) is 24.2 Å². The van der Waals surface area contributed by atoms with Gasteiger partial charge in [-0.3, -0.25) is 9.59 Å². The molecular weight excluding hydrogens is 576 g/mol. The number of carbonyl (C=O) groups is 3. The van der Waals surface area contributed by atoms with E-state index < -0.39 is 46.8 Å². The third-order valence-corrected chi connectivity index (χ3v) is 8.30. The Balaban J connectivity index is 1.56. The number of hydrogen-bond acceptors (Lipinski definition) is 7. The monoisotopic (exact) mass is 612 g/mol. The van der Waals surface area contributed by atoms with Gasteiger partial charge in [-0.05, 0) is 60.0 Å². The van der Waals surface area contributed by atoms with Gasteiger partial charge in [-0.2, -0.15) is 0 Å². The Morgan fingerprint density at radius 2 is 1.85 bits per heavy atom. The largest absolute Gasteiger partial charge is 0.464 e. The highest BCUT2D eigenvalue weighted by atomic mass is 32.2. The highest BCUT2D eigenvalue weighted by molar-refractivity contribution is 8.00. The number of carbonyl (C=O) groups excluding carboxylic acids is 3. The number of rotatable bonds is 12. The molecule has 1 heterocycles. The summed E-state index contributed by atoms with van der Waals surface area (Å²) >= 11 is 1.31. The standard InChI is InChI=1S/C28H36F3N4O4PS/c1-4-39-28(38)25(15(2)3)34-22-6-5-16(9-21(22)31)14-33-26(37)27-35(7-8-41-27)24(36)12-18(32)10-17-11-19(29)20(30)13-23(17)40/h5-6,9,11,13,15,18,25,27,34H,4,7-8,10,12,14,32,40H2,1-3H3,(H,33,37)/t18?,25-,27-/m0/s1. The van der Waals surface area contributed by atoms with Crippen molar-refractivity contribution in [3.63, 3.8) is 0 Å². The van der Waals surface area contributed by atoms with Gasteiger partial charge in [-0.25, -0.2) is 18.0 Å². The average Bonchev–Trinajstić information content (AvgIpc) is 3.40. The van der Waals surface area contributed by atoms with E-state index >= 15 is 0 Å². The lowest BCUT2D eigenvalue weighted by atomic mass is 10.0. The minimum atomic E-state index is -0.986. The van der Waals surface area contributed by atoms with Gasteiger partial charge in [-0.15, -0.1) is 21.0 Å². The molecule has 3 rings (SSSR count). The van der Waals surface area contributed by atoms with Gasteiger partial charge in [0.15, 0.2) is 17.0 Å². The molecule has 224 valence electrons. The Kier molecular flexibility index (Phi) is 11.9. The fourth-order valence-electron chi connectivity index (χ4n) is 4.38. The fourth-order valence-corrected chi connectivity index (χ4v) is 5.89. The van der Waals surface area contributed by atoms with Gasteiger partial charge >= 0.3 is 5.97 Å². The Labute approximate surface area is 244 Å². The summed E-state index contributed by atoms with van der Waals surface area (Å²) in [6.45, 7) is 5.97. The van der Waals surface area contributed by atoms with Crippen LogP contribution in [0.4, 0.5) is 18.9 Å². The van der Waals surface area contributed by atoms with Crippen LogP contribution in [0.25, 0.3) is 0 Å². The molecule has 41 heavy (non-hydrogen) atoms. The molecule has 2 aromatic carbocycles. The van der Waals surface area contributed by atoms with Crippen LogP contribution in [0.1, 0.15) is 38.3 Å². The molecule has 0 aromatic heterocycles. The molecule has 0 saturated carbocycles. The zero-order valence-corrected chi connectivity index (χ0v) is 25.2. The first-order valence-corrected chi connectivity index (χ1v) is 14.9. The highest BCUT2D eigenvalue weighted by Crippen LogP contribution is 2.26. The number of hydrogen-bond donors (Lipinski definition) is 3. The van der Waals surface area contributed by atoms with Crippen LogP contribution >= 0.6 is 21.0 Å². The van der Waals surface area contributed by atoms with E-state index in [9.17, 15) is 27.6 Å². The third-order valence-electron chi connectivity index (χ3n) is 6.56. The first kappa shape index (κ1) is 32.7. The van der Waals surface area contributed by atoms with Crippen molar-refractivity contribution < 1.29 is 32.3 Å². The minimum Gasteiger partial charge on any atom is -0.464 e. The van der Waals surface area contributed by atoms with Crippen molar-refractivity contribution >= 4 is 49.8 Å². The Bertz CT molecular complexity index is 1270. The normalized spacial score (nSPS) is 16.4. The summed E-state index contributed by atoms with van der Waals surface area (Å²) in [6.07, 6.45) is 0.0873. The number of amides is 2. The number of esters is 1.